The topological polar surface area (TPSA) is 29.1 Å². The SMILES string of the molecule is CCc1cc(Br)ccc1NC(=O)C1C2C3CCC(C3)C12. The average Bonchev–Trinajstić information content (AvgIpc) is 2.89. The van der Waals surface area contributed by atoms with E-state index in [-0.39, 0.29) is 5.91 Å². The highest BCUT2D eigenvalue weighted by Gasteiger charge is 2.67. The zero-order chi connectivity index (χ0) is 13.9. The molecule has 1 aromatic rings. The largest absolute Gasteiger partial charge is 0.326 e. The molecule has 1 aromatic carbocycles. The first kappa shape index (κ1) is 12.9. The molecule has 106 valence electrons. The predicted octanol–water partition coefficient (Wildman–Crippen LogP) is 4.24. The van der Waals surface area contributed by atoms with E-state index in [2.05, 4.69) is 34.2 Å². The van der Waals surface area contributed by atoms with E-state index >= 15 is 0 Å². The molecule has 1 amide bonds. The fourth-order valence-corrected chi connectivity index (χ4v) is 5.28. The number of hydrogen-bond acceptors (Lipinski definition) is 1. The third-order valence-electron chi connectivity index (χ3n) is 5.74. The Bertz CT molecular complexity index is 554. The molecule has 2 bridgehead atoms. The van der Waals surface area contributed by atoms with Crippen LogP contribution in [0, 0.1) is 29.6 Å². The van der Waals surface area contributed by atoms with Crippen molar-refractivity contribution in [3.63, 3.8) is 0 Å². The van der Waals surface area contributed by atoms with Crippen LogP contribution in [-0.4, -0.2) is 5.91 Å². The number of aryl methyl sites for hydroxylation is 1. The second kappa shape index (κ2) is 4.59. The van der Waals surface area contributed by atoms with Gasteiger partial charge in [0.15, 0.2) is 0 Å². The molecule has 0 aliphatic heterocycles. The number of nitrogens with one attached hydrogen (secondary N) is 1. The number of halogens is 1. The third kappa shape index (κ3) is 1.86. The van der Waals surface area contributed by atoms with E-state index in [0.717, 1.165) is 28.4 Å². The number of benzene rings is 1. The zero-order valence-electron chi connectivity index (χ0n) is 11.7. The molecular formula is C17H20BrNO. The van der Waals surface area contributed by atoms with Crippen LogP contribution in [0.5, 0.6) is 0 Å². The Morgan fingerprint density at radius 1 is 1.30 bits per heavy atom. The zero-order valence-corrected chi connectivity index (χ0v) is 13.3. The molecule has 3 aliphatic carbocycles. The lowest BCUT2D eigenvalue weighted by atomic mass is 10.0. The van der Waals surface area contributed by atoms with Gasteiger partial charge in [-0.3, -0.25) is 4.79 Å². The molecule has 4 unspecified atom stereocenters. The molecule has 3 heteroatoms. The second-order valence-corrected chi connectivity index (χ2v) is 7.57. The van der Waals surface area contributed by atoms with Gasteiger partial charge in [0.2, 0.25) is 5.91 Å². The molecule has 4 rings (SSSR count). The van der Waals surface area contributed by atoms with E-state index in [0.29, 0.717) is 17.8 Å². The van der Waals surface area contributed by atoms with E-state index in [1.807, 2.05) is 12.1 Å². The Labute approximate surface area is 128 Å². The minimum absolute atomic E-state index is 0.272. The summed E-state index contributed by atoms with van der Waals surface area (Å²) >= 11 is 3.50. The monoisotopic (exact) mass is 333 g/mol. The maximum atomic E-state index is 12.5. The first-order chi connectivity index (χ1) is 9.69. The highest BCUT2D eigenvalue weighted by Crippen LogP contribution is 2.69. The van der Waals surface area contributed by atoms with Gasteiger partial charge in [-0.25, -0.2) is 0 Å². The van der Waals surface area contributed by atoms with Crippen molar-refractivity contribution < 1.29 is 4.79 Å². The van der Waals surface area contributed by atoms with Gasteiger partial charge in [0.05, 0.1) is 0 Å². The van der Waals surface area contributed by atoms with E-state index in [4.69, 9.17) is 0 Å². The Morgan fingerprint density at radius 2 is 2.00 bits per heavy atom. The summed E-state index contributed by atoms with van der Waals surface area (Å²) in [4.78, 5) is 12.5. The van der Waals surface area contributed by atoms with E-state index in [1.165, 1.54) is 24.8 Å². The molecule has 20 heavy (non-hydrogen) atoms. The molecule has 3 fully saturated rings. The second-order valence-electron chi connectivity index (χ2n) is 6.66. The Morgan fingerprint density at radius 3 is 2.65 bits per heavy atom. The Kier molecular flexibility index (Phi) is 2.95. The summed E-state index contributed by atoms with van der Waals surface area (Å²) in [7, 11) is 0. The fraction of sp³-hybridized carbons (Fsp3) is 0.588. The fourth-order valence-electron chi connectivity index (χ4n) is 4.87. The van der Waals surface area contributed by atoms with Crippen molar-refractivity contribution >= 4 is 27.5 Å². The highest BCUT2D eigenvalue weighted by molar-refractivity contribution is 9.10. The van der Waals surface area contributed by atoms with Gasteiger partial charge in [-0.05, 0) is 73.1 Å². The molecular weight excluding hydrogens is 314 g/mol. The van der Waals surface area contributed by atoms with Crippen LogP contribution in [0.4, 0.5) is 5.69 Å². The van der Waals surface area contributed by atoms with Crippen LogP contribution in [0.2, 0.25) is 0 Å². The van der Waals surface area contributed by atoms with Crippen LogP contribution in [0.1, 0.15) is 31.7 Å². The molecule has 0 aromatic heterocycles. The number of anilines is 1. The molecule has 0 heterocycles. The number of carbonyl (C=O) groups is 1. The molecule has 0 radical (unpaired) electrons. The lowest BCUT2D eigenvalue weighted by Gasteiger charge is -2.12. The van der Waals surface area contributed by atoms with Crippen molar-refractivity contribution in [2.45, 2.75) is 32.6 Å². The van der Waals surface area contributed by atoms with Crippen LogP contribution in [0.25, 0.3) is 0 Å². The number of amides is 1. The normalized spacial score (nSPS) is 36.8. The Hall–Kier alpha value is -0.830. The summed E-state index contributed by atoms with van der Waals surface area (Å²) in [6, 6.07) is 6.13. The first-order valence-corrected chi connectivity index (χ1v) is 8.57. The van der Waals surface area contributed by atoms with Crippen LogP contribution >= 0.6 is 15.9 Å². The van der Waals surface area contributed by atoms with Crippen molar-refractivity contribution in [2.75, 3.05) is 5.32 Å². The molecule has 0 saturated heterocycles. The smallest absolute Gasteiger partial charge is 0.228 e. The molecule has 4 atom stereocenters. The van der Waals surface area contributed by atoms with Gasteiger partial charge in [0.1, 0.15) is 0 Å². The van der Waals surface area contributed by atoms with Gasteiger partial charge in [-0.1, -0.05) is 22.9 Å². The molecule has 1 N–H and O–H groups in total. The van der Waals surface area contributed by atoms with Gasteiger partial charge in [0, 0.05) is 16.1 Å². The third-order valence-corrected chi connectivity index (χ3v) is 6.24. The molecule has 3 saturated carbocycles. The van der Waals surface area contributed by atoms with Crippen molar-refractivity contribution in [3.05, 3.63) is 28.2 Å². The van der Waals surface area contributed by atoms with Crippen LogP contribution in [-0.2, 0) is 11.2 Å². The standard InChI is InChI=1S/C17H20BrNO/c1-2-9-8-12(18)5-6-13(9)19-17(20)16-14-10-3-4-11(7-10)15(14)16/h5-6,8,10-11,14-16H,2-4,7H2,1H3,(H,19,20). The van der Waals surface area contributed by atoms with Gasteiger partial charge < -0.3 is 5.32 Å². The summed E-state index contributed by atoms with van der Waals surface area (Å²) in [5, 5.41) is 3.19. The first-order valence-electron chi connectivity index (χ1n) is 7.78. The summed E-state index contributed by atoms with van der Waals surface area (Å²) < 4.78 is 1.08. The van der Waals surface area contributed by atoms with Crippen molar-refractivity contribution in [1.82, 2.24) is 0 Å². The number of fused-ring (bicyclic) bond motifs is 5. The van der Waals surface area contributed by atoms with Gasteiger partial charge in [-0.15, -0.1) is 0 Å². The van der Waals surface area contributed by atoms with Gasteiger partial charge in [-0.2, -0.15) is 0 Å². The number of hydrogen-bond donors (Lipinski definition) is 1. The van der Waals surface area contributed by atoms with E-state index < -0.39 is 0 Å². The van der Waals surface area contributed by atoms with Gasteiger partial charge >= 0.3 is 0 Å². The summed E-state index contributed by atoms with van der Waals surface area (Å²) in [6.07, 6.45) is 5.08. The van der Waals surface area contributed by atoms with Crippen molar-refractivity contribution in [1.29, 1.82) is 0 Å². The summed E-state index contributed by atoms with van der Waals surface area (Å²) in [6.45, 7) is 2.13. The maximum Gasteiger partial charge on any atom is 0.228 e. The molecule has 0 spiro atoms. The van der Waals surface area contributed by atoms with E-state index in [9.17, 15) is 4.79 Å². The minimum atomic E-state index is 0.272. The van der Waals surface area contributed by atoms with Crippen LogP contribution in [0.3, 0.4) is 0 Å². The average molecular weight is 334 g/mol. The number of carbonyl (C=O) groups excluding carboxylic acids is 1. The number of rotatable bonds is 3. The molecule has 3 aliphatic rings. The Balaban J connectivity index is 1.49. The van der Waals surface area contributed by atoms with E-state index in [1.54, 1.807) is 0 Å². The van der Waals surface area contributed by atoms with Crippen molar-refractivity contribution in [3.8, 4) is 0 Å². The highest BCUT2D eigenvalue weighted by atomic mass is 79.9. The van der Waals surface area contributed by atoms with Gasteiger partial charge in [0.25, 0.3) is 0 Å². The lowest BCUT2D eigenvalue weighted by molar-refractivity contribution is -0.118. The summed E-state index contributed by atoms with van der Waals surface area (Å²) in [5.41, 5.74) is 2.21. The van der Waals surface area contributed by atoms with Crippen LogP contribution < -0.4 is 5.32 Å². The van der Waals surface area contributed by atoms with Crippen molar-refractivity contribution in [2.24, 2.45) is 29.6 Å². The molecule has 2 nitrogen and oxygen atoms in total. The van der Waals surface area contributed by atoms with Crippen LogP contribution in [0.15, 0.2) is 22.7 Å². The lowest BCUT2D eigenvalue weighted by Crippen LogP contribution is -2.19. The predicted molar refractivity (Wildman–Crippen MR) is 83.5 cm³/mol. The summed E-state index contributed by atoms with van der Waals surface area (Å²) in [5.74, 6) is 3.74. The quantitative estimate of drug-likeness (QED) is 0.880. The maximum absolute atomic E-state index is 12.5. The minimum Gasteiger partial charge on any atom is -0.326 e.